The van der Waals surface area contributed by atoms with Gasteiger partial charge in [-0.05, 0) is 76.0 Å². The van der Waals surface area contributed by atoms with Crippen molar-refractivity contribution in [3.63, 3.8) is 0 Å². The lowest BCUT2D eigenvalue weighted by atomic mass is 10.1. The van der Waals surface area contributed by atoms with E-state index in [0.29, 0.717) is 5.57 Å². The summed E-state index contributed by atoms with van der Waals surface area (Å²) in [4.78, 5) is 15.2. The number of nitrogens with zero attached hydrogens (tertiary/aromatic N) is 1. The van der Waals surface area contributed by atoms with Gasteiger partial charge in [0.05, 0.1) is 11.4 Å². The van der Waals surface area contributed by atoms with Crippen LogP contribution in [0.5, 0.6) is 0 Å². The first kappa shape index (κ1) is 18.9. The molecule has 1 aliphatic heterocycles. The Kier molecular flexibility index (Phi) is 5.33. The average molecular weight is 495 g/mol. The van der Waals surface area contributed by atoms with Crippen molar-refractivity contribution in [3.05, 3.63) is 110 Å². The van der Waals surface area contributed by atoms with Crippen molar-refractivity contribution in [2.45, 2.75) is 6.92 Å². The molecular weight excluding hydrogens is 478 g/mol. The van der Waals surface area contributed by atoms with Crippen molar-refractivity contribution in [1.82, 2.24) is 0 Å². The predicted octanol–water partition coefficient (Wildman–Crippen LogP) is 6.99. The van der Waals surface area contributed by atoms with Gasteiger partial charge in [0.15, 0.2) is 0 Å². The second-order valence-electron chi connectivity index (χ2n) is 6.64. The minimum Gasteiger partial charge on any atom is -0.275 e. The normalized spacial score (nSPS) is 15.2. The minimum atomic E-state index is -0.0358. The lowest BCUT2D eigenvalue weighted by Gasteiger charge is -2.22. The molecule has 0 aromatic heterocycles. The van der Waals surface area contributed by atoms with E-state index in [4.69, 9.17) is 0 Å². The van der Waals surface area contributed by atoms with E-state index in [2.05, 4.69) is 31.9 Å². The molecule has 0 unspecified atom stereocenters. The number of hydrogen-bond acceptors (Lipinski definition) is 1. The van der Waals surface area contributed by atoms with Crippen LogP contribution in [0.25, 0.3) is 11.8 Å². The van der Waals surface area contributed by atoms with E-state index in [9.17, 15) is 4.79 Å². The van der Waals surface area contributed by atoms with Crippen LogP contribution in [0.1, 0.15) is 16.7 Å². The molecule has 0 bridgehead atoms. The number of anilines is 1. The highest BCUT2D eigenvalue weighted by Crippen LogP contribution is 2.39. The van der Waals surface area contributed by atoms with E-state index in [1.165, 1.54) is 0 Å². The molecule has 0 fully saturated rings. The Hall–Kier alpha value is -2.43. The first-order valence-electron chi connectivity index (χ1n) is 8.88. The van der Waals surface area contributed by atoms with Crippen molar-refractivity contribution in [2.24, 2.45) is 0 Å². The number of rotatable bonds is 3. The molecular formula is C24H17Br2NO. The highest BCUT2D eigenvalue weighted by Gasteiger charge is 2.31. The fourth-order valence-electron chi connectivity index (χ4n) is 3.21. The van der Waals surface area contributed by atoms with Crippen molar-refractivity contribution in [2.75, 3.05) is 4.90 Å². The summed E-state index contributed by atoms with van der Waals surface area (Å²) in [6, 6.07) is 24.0. The standard InChI is InChI=1S/C24H17Br2NO/c1-16-7-12-22(21(26)13-16)27-23(18-5-3-2-4-6-18)15-19(24(27)28)14-17-8-10-20(25)11-9-17/h2-15H,1H3. The van der Waals surface area contributed by atoms with Crippen LogP contribution in [0, 0.1) is 6.92 Å². The summed E-state index contributed by atoms with van der Waals surface area (Å²) in [6.07, 6.45) is 3.89. The largest absolute Gasteiger partial charge is 0.275 e. The highest BCUT2D eigenvalue weighted by molar-refractivity contribution is 9.10. The Balaban J connectivity index is 1.84. The number of carbonyl (C=O) groups is 1. The summed E-state index contributed by atoms with van der Waals surface area (Å²) in [6.45, 7) is 2.03. The van der Waals surface area contributed by atoms with E-state index in [0.717, 1.165) is 37.0 Å². The zero-order valence-corrected chi connectivity index (χ0v) is 18.4. The Morgan fingerprint density at radius 2 is 1.61 bits per heavy atom. The molecule has 1 heterocycles. The molecule has 1 amide bonds. The SMILES string of the molecule is Cc1ccc(N2C(=O)C(=Cc3ccc(Br)cc3)C=C2c2ccccc2)c(Br)c1. The smallest absolute Gasteiger partial charge is 0.262 e. The van der Waals surface area contributed by atoms with Crippen LogP contribution in [-0.4, -0.2) is 5.91 Å². The molecule has 0 N–H and O–H groups in total. The fourth-order valence-corrected chi connectivity index (χ4v) is 4.14. The molecule has 0 spiro atoms. The third kappa shape index (κ3) is 3.75. The van der Waals surface area contributed by atoms with Gasteiger partial charge in [-0.25, -0.2) is 0 Å². The molecule has 0 atom stereocenters. The van der Waals surface area contributed by atoms with E-state index >= 15 is 0 Å². The third-order valence-electron chi connectivity index (χ3n) is 4.59. The predicted molar refractivity (Wildman–Crippen MR) is 123 cm³/mol. The van der Waals surface area contributed by atoms with Gasteiger partial charge in [0, 0.05) is 14.5 Å². The number of benzene rings is 3. The quantitative estimate of drug-likeness (QED) is 0.359. The van der Waals surface area contributed by atoms with E-state index in [-0.39, 0.29) is 5.91 Å². The molecule has 0 radical (unpaired) electrons. The molecule has 0 saturated carbocycles. The summed E-state index contributed by atoms with van der Waals surface area (Å²) in [7, 11) is 0. The molecule has 138 valence electrons. The zero-order chi connectivity index (χ0) is 19.7. The summed E-state index contributed by atoms with van der Waals surface area (Å²) in [5.74, 6) is -0.0358. The molecule has 4 rings (SSSR count). The topological polar surface area (TPSA) is 20.3 Å². The van der Waals surface area contributed by atoms with Gasteiger partial charge in [0.25, 0.3) is 5.91 Å². The van der Waals surface area contributed by atoms with Gasteiger partial charge in [-0.2, -0.15) is 0 Å². The first-order chi connectivity index (χ1) is 13.5. The summed E-state index contributed by atoms with van der Waals surface area (Å²) < 4.78 is 1.91. The van der Waals surface area contributed by atoms with Crippen molar-refractivity contribution in [1.29, 1.82) is 0 Å². The van der Waals surface area contributed by atoms with E-state index in [1.807, 2.05) is 91.9 Å². The van der Waals surface area contributed by atoms with Gasteiger partial charge >= 0.3 is 0 Å². The number of carbonyl (C=O) groups excluding carboxylic acids is 1. The van der Waals surface area contributed by atoms with Crippen molar-refractivity contribution < 1.29 is 4.79 Å². The lowest BCUT2D eigenvalue weighted by Crippen LogP contribution is -2.25. The molecule has 0 saturated heterocycles. The van der Waals surface area contributed by atoms with Crippen LogP contribution < -0.4 is 4.90 Å². The Bertz CT molecular complexity index is 1100. The Labute approximate surface area is 181 Å². The van der Waals surface area contributed by atoms with Crippen molar-refractivity contribution >= 4 is 55.2 Å². The maximum absolute atomic E-state index is 13.4. The molecule has 3 aromatic rings. The van der Waals surface area contributed by atoms with Crippen molar-refractivity contribution in [3.8, 4) is 0 Å². The third-order valence-corrected chi connectivity index (χ3v) is 5.75. The highest BCUT2D eigenvalue weighted by atomic mass is 79.9. The molecule has 1 aliphatic rings. The summed E-state index contributed by atoms with van der Waals surface area (Å²) >= 11 is 7.08. The number of aryl methyl sites for hydroxylation is 1. The zero-order valence-electron chi connectivity index (χ0n) is 15.2. The number of hydrogen-bond donors (Lipinski definition) is 0. The number of amides is 1. The number of halogens is 2. The molecule has 2 nitrogen and oxygen atoms in total. The lowest BCUT2D eigenvalue weighted by molar-refractivity contribution is -0.113. The van der Waals surface area contributed by atoms with Gasteiger partial charge in [-0.15, -0.1) is 0 Å². The first-order valence-corrected chi connectivity index (χ1v) is 10.5. The Morgan fingerprint density at radius 3 is 2.29 bits per heavy atom. The summed E-state index contributed by atoms with van der Waals surface area (Å²) in [5.41, 5.74) is 5.50. The summed E-state index contributed by atoms with van der Waals surface area (Å²) in [5, 5.41) is 0. The van der Waals surface area contributed by atoms with Crippen LogP contribution >= 0.6 is 31.9 Å². The average Bonchev–Trinajstić information content (AvgIpc) is 3.01. The maximum Gasteiger partial charge on any atom is 0.262 e. The fraction of sp³-hybridized carbons (Fsp3) is 0.0417. The van der Waals surface area contributed by atoms with Gasteiger partial charge in [0.1, 0.15) is 0 Å². The van der Waals surface area contributed by atoms with Crippen LogP contribution in [0.2, 0.25) is 0 Å². The maximum atomic E-state index is 13.4. The van der Waals surface area contributed by atoms with Crippen LogP contribution in [0.15, 0.2) is 93.4 Å². The minimum absolute atomic E-state index is 0.0358. The molecule has 0 aliphatic carbocycles. The van der Waals surface area contributed by atoms with Gasteiger partial charge in [-0.1, -0.05) is 64.5 Å². The van der Waals surface area contributed by atoms with Crippen LogP contribution in [0.3, 0.4) is 0 Å². The molecule has 3 aromatic carbocycles. The Morgan fingerprint density at radius 1 is 0.893 bits per heavy atom. The van der Waals surface area contributed by atoms with E-state index < -0.39 is 0 Å². The van der Waals surface area contributed by atoms with E-state index in [1.54, 1.807) is 4.90 Å². The van der Waals surface area contributed by atoms with Crippen LogP contribution in [-0.2, 0) is 4.79 Å². The van der Waals surface area contributed by atoms with Crippen LogP contribution in [0.4, 0.5) is 5.69 Å². The second-order valence-corrected chi connectivity index (χ2v) is 8.41. The molecule has 4 heteroatoms. The monoisotopic (exact) mass is 493 g/mol. The van der Waals surface area contributed by atoms with Gasteiger partial charge in [0.2, 0.25) is 0 Å². The second kappa shape index (κ2) is 7.90. The van der Waals surface area contributed by atoms with Gasteiger partial charge in [-0.3, -0.25) is 9.69 Å². The molecule has 28 heavy (non-hydrogen) atoms. The van der Waals surface area contributed by atoms with Gasteiger partial charge < -0.3 is 0 Å².